The second-order valence-corrected chi connectivity index (χ2v) is 4.70. The molecule has 1 saturated heterocycles. The molecule has 1 amide bonds. The lowest BCUT2D eigenvalue weighted by atomic mass is 10.0. The predicted octanol–water partition coefficient (Wildman–Crippen LogP) is 2.53. The maximum atomic E-state index is 13.1. The monoisotopic (exact) mass is 283 g/mol. The Labute approximate surface area is 115 Å². The minimum atomic E-state index is -0.658. The topological polar surface area (TPSA) is 50.9 Å². The highest BCUT2D eigenvalue weighted by atomic mass is 19.1. The molecule has 20 heavy (non-hydrogen) atoms. The molecule has 1 aliphatic heterocycles. The largest absolute Gasteiger partial charge is 0.416 e. The standard InChI is InChI=1S/C14H15F2NO3/c1-8(2)20-14(18)17-12(13-7-19-13)5-9-3-10(15)6-11(16)4-9/h3-4,6,12-13H,1,5,7H2,2H3,(H,17,18). The number of allylic oxidation sites excluding steroid dienone is 1. The first-order valence-corrected chi connectivity index (χ1v) is 6.14. The third kappa shape index (κ3) is 4.31. The number of amides is 1. The van der Waals surface area contributed by atoms with Crippen molar-refractivity contribution in [2.45, 2.75) is 25.5 Å². The van der Waals surface area contributed by atoms with E-state index in [-0.39, 0.29) is 18.3 Å². The molecule has 1 aromatic rings. The summed E-state index contributed by atoms with van der Waals surface area (Å²) >= 11 is 0. The zero-order valence-electron chi connectivity index (χ0n) is 11.0. The predicted molar refractivity (Wildman–Crippen MR) is 68.0 cm³/mol. The fraction of sp³-hybridized carbons (Fsp3) is 0.357. The van der Waals surface area contributed by atoms with Crippen molar-refractivity contribution >= 4 is 6.09 Å². The summed E-state index contributed by atoms with van der Waals surface area (Å²) in [7, 11) is 0. The van der Waals surface area contributed by atoms with Crippen molar-refractivity contribution in [3.63, 3.8) is 0 Å². The molecular formula is C14H15F2NO3. The summed E-state index contributed by atoms with van der Waals surface area (Å²) in [5.74, 6) is -1.05. The van der Waals surface area contributed by atoms with Gasteiger partial charge in [-0.05, 0) is 31.0 Å². The van der Waals surface area contributed by atoms with Crippen LogP contribution in [0.25, 0.3) is 0 Å². The van der Waals surface area contributed by atoms with Crippen molar-refractivity contribution in [2.75, 3.05) is 6.61 Å². The summed E-state index contributed by atoms with van der Waals surface area (Å²) in [6.45, 7) is 5.50. The highest BCUT2D eigenvalue weighted by Gasteiger charge is 2.34. The van der Waals surface area contributed by atoms with Crippen LogP contribution in [0, 0.1) is 11.6 Å². The number of ether oxygens (including phenoxy) is 2. The third-order valence-electron chi connectivity index (χ3n) is 2.76. The van der Waals surface area contributed by atoms with Crippen LogP contribution in [0.4, 0.5) is 13.6 Å². The van der Waals surface area contributed by atoms with Gasteiger partial charge >= 0.3 is 6.09 Å². The molecule has 108 valence electrons. The van der Waals surface area contributed by atoms with Gasteiger partial charge in [-0.15, -0.1) is 0 Å². The molecule has 2 unspecified atom stereocenters. The maximum Gasteiger partial charge on any atom is 0.412 e. The first-order valence-electron chi connectivity index (χ1n) is 6.14. The van der Waals surface area contributed by atoms with Crippen LogP contribution in [0.5, 0.6) is 0 Å². The van der Waals surface area contributed by atoms with E-state index in [1.165, 1.54) is 12.1 Å². The minimum absolute atomic E-state index is 0.168. The molecular weight excluding hydrogens is 268 g/mol. The van der Waals surface area contributed by atoms with Gasteiger partial charge in [0.15, 0.2) is 0 Å². The van der Waals surface area contributed by atoms with E-state index in [4.69, 9.17) is 9.47 Å². The lowest BCUT2D eigenvalue weighted by Crippen LogP contribution is -2.40. The molecule has 0 saturated carbocycles. The quantitative estimate of drug-likeness (QED) is 0.667. The zero-order chi connectivity index (χ0) is 14.7. The molecule has 1 N–H and O–H groups in total. The van der Waals surface area contributed by atoms with Crippen LogP contribution in [0.2, 0.25) is 0 Å². The van der Waals surface area contributed by atoms with Crippen molar-refractivity contribution in [1.29, 1.82) is 0 Å². The van der Waals surface area contributed by atoms with Crippen molar-refractivity contribution in [1.82, 2.24) is 5.32 Å². The van der Waals surface area contributed by atoms with E-state index in [9.17, 15) is 13.6 Å². The zero-order valence-corrected chi connectivity index (χ0v) is 11.0. The lowest BCUT2D eigenvalue weighted by molar-refractivity contribution is 0.169. The lowest BCUT2D eigenvalue weighted by Gasteiger charge is -2.16. The number of halogens is 2. The number of benzene rings is 1. The van der Waals surface area contributed by atoms with Gasteiger partial charge in [-0.3, -0.25) is 0 Å². The number of rotatable bonds is 5. The number of nitrogens with one attached hydrogen (secondary N) is 1. The van der Waals surface area contributed by atoms with Crippen LogP contribution in [-0.2, 0) is 15.9 Å². The molecule has 0 bridgehead atoms. The number of hydrogen-bond acceptors (Lipinski definition) is 3. The Morgan fingerprint density at radius 1 is 1.50 bits per heavy atom. The fourth-order valence-corrected chi connectivity index (χ4v) is 1.89. The van der Waals surface area contributed by atoms with E-state index >= 15 is 0 Å². The average Bonchev–Trinajstić information content (AvgIpc) is 3.08. The van der Waals surface area contributed by atoms with Crippen LogP contribution < -0.4 is 5.32 Å². The van der Waals surface area contributed by atoms with Crippen molar-refractivity contribution in [2.24, 2.45) is 0 Å². The molecule has 1 heterocycles. The van der Waals surface area contributed by atoms with Gasteiger partial charge in [-0.2, -0.15) is 0 Å². The van der Waals surface area contributed by atoms with E-state index in [1.807, 2.05) is 0 Å². The Morgan fingerprint density at radius 2 is 2.10 bits per heavy atom. The molecule has 0 aromatic heterocycles. The summed E-state index contributed by atoms with van der Waals surface area (Å²) < 4.78 is 36.2. The van der Waals surface area contributed by atoms with Gasteiger partial charge in [-0.1, -0.05) is 6.58 Å². The molecule has 4 nitrogen and oxygen atoms in total. The first-order chi connectivity index (χ1) is 9.44. The van der Waals surface area contributed by atoms with Crippen LogP contribution in [0.15, 0.2) is 30.5 Å². The average molecular weight is 283 g/mol. The van der Waals surface area contributed by atoms with Gasteiger partial charge in [0.2, 0.25) is 0 Å². The number of hydrogen-bond donors (Lipinski definition) is 1. The van der Waals surface area contributed by atoms with Gasteiger partial charge in [0.05, 0.1) is 18.4 Å². The SMILES string of the molecule is C=C(C)OC(=O)NC(Cc1cc(F)cc(F)c1)C1CO1. The van der Waals surface area contributed by atoms with Crippen molar-refractivity contribution < 1.29 is 23.0 Å². The molecule has 2 rings (SSSR count). The summed E-state index contributed by atoms with van der Waals surface area (Å²) in [6.07, 6.45) is -0.571. The Hall–Kier alpha value is -1.95. The number of alkyl carbamates (subject to hydrolysis) is 1. The number of epoxide rings is 1. The molecule has 0 aliphatic carbocycles. The van der Waals surface area contributed by atoms with Crippen LogP contribution in [0.3, 0.4) is 0 Å². The van der Waals surface area contributed by atoms with E-state index in [1.54, 1.807) is 6.92 Å². The Kier molecular flexibility index (Phi) is 4.34. The van der Waals surface area contributed by atoms with Gasteiger partial charge < -0.3 is 14.8 Å². The summed E-state index contributed by atoms with van der Waals surface area (Å²) in [4.78, 5) is 11.5. The van der Waals surface area contributed by atoms with Gasteiger partial charge in [0.1, 0.15) is 17.7 Å². The highest BCUT2D eigenvalue weighted by Crippen LogP contribution is 2.19. The first kappa shape index (κ1) is 14.5. The second-order valence-electron chi connectivity index (χ2n) is 4.70. The third-order valence-corrected chi connectivity index (χ3v) is 2.76. The summed E-state index contributed by atoms with van der Waals surface area (Å²) in [5, 5.41) is 2.61. The summed E-state index contributed by atoms with van der Waals surface area (Å²) in [6, 6.07) is 2.85. The fourth-order valence-electron chi connectivity index (χ4n) is 1.89. The Bertz CT molecular complexity index is 509. The Balaban J connectivity index is 2.02. The van der Waals surface area contributed by atoms with E-state index in [0.717, 1.165) is 6.07 Å². The van der Waals surface area contributed by atoms with Crippen molar-refractivity contribution in [3.05, 3.63) is 47.7 Å². The van der Waals surface area contributed by atoms with E-state index < -0.39 is 23.8 Å². The molecule has 1 aliphatic rings. The van der Waals surface area contributed by atoms with Crippen LogP contribution in [-0.4, -0.2) is 24.8 Å². The molecule has 0 radical (unpaired) electrons. The van der Waals surface area contributed by atoms with Crippen molar-refractivity contribution in [3.8, 4) is 0 Å². The van der Waals surface area contributed by atoms with Gasteiger partial charge in [0, 0.05) is 6.07 Å². The van der Waals surface area contributed by atoms with Crippen LogP contribution in [0.1, 0.15) is 12.5 Å². The molecule has 2 atom stereocenters. The van der Waals surface area contributed by atoms with Crippen LogP contribution >= 0.6 is 0 Å². The van der Waals surface area contributed by atoms with Gasteiger partial charge in [0.25, 0.3) is 0 Å². The molecule has 1 fully saturated rings. The number of carbonyl (C=O) groups excluding carboxylic acids is 1. The van der Waals surface area contributed by atoms with Gasteiger partial charge in [-0.25, -0.2) is 13.6 Å². The number of carbonyl (C=O) groups is 1. The highest BCUT2D eigenvalue weighted by molar-refractivity contribution is 5.68. The smallest absolute Gasteiger partial charge is 0.412 e. The molecule has 1 aromatic carbocycles. The normalized spacial score (nSPS) is 18.2. The van der Waals surface area contributed by atoms with E-state index in [2.05, 4.69) is 11.9 Å². The molecule has 0 spiro atoms. The maximum absolute atomic E-state index is 13.1. The second kappa shape index (κ2) is 6.00. The molecule has 6 heteroatoms. The Morgan fingerprint density at radius 3 is 2.60 bits per heavy atom. The summed E-state index contributed by atoms with van der Waals surface area (Å²) in [5.41, 5.74) is 0.443. The minimum Gasteiger partial charge on any atom is -0.416 e. The van der Waals surface area contributed by atoms with E-state index in [0.29, 0.717) is 12.2 Å².